The monoisotopic (exact) mass is 323 g/mol. The molecular formula is C14H17N3O2S2. The predicted molar refractivity (Wildman–Crippen MR) is 83.9 cm³/mol. The van der Waals surface area contributed by atoms with Gasteiger partial charge in [-0.2, -0.15) is 15.6 Å². The fourth-order valence-electron chi connectivity index (χ4n) is 2.25. The Labute approximate surface area is 128 Å². The van der Waals surface area contributed by atoms with E-state index in [-0.39, 0.29) is 10.9 Å². The fraction of sp³-hybridized carbons (Fsp3) is 0.357. The number of hydrogen-bond donors (Lipinski definition) is 1. The van der Waals surface area contributed by atoms with E-state index in [0.29, 0.717) is 12.4 Å². The van der Waals surface area contributed by atoms with E-state index in [1.54, 1.807) is 41.0 Å². The van der Waals surface area contributed by atoms with E-state index in [1.807, 2.05) is 16.8 Å². The number of nitrogens with zero attached hydrogens (tertiary/aromatic N) is 2. The van der Waals surface area contributed by atoms with Gasteiger partial charge in [-0.3, -0.25) is 0 Å². The quantitative estimate of drug-likeness (QED) is 0.887. The Kier molecular flexibility index (Phi) is 3.97. The second-order valence-electron chi connectivity index (χ2n) is 5.01. The Morgan fingerprint density at radius 2 is 2.24 bits per heavy atom. The number of nitrogens with one attached hydrogen (secondary N) is 1. The van der Waals surface area contributed by atoms with Crippen LogP contribution < -0.4 is 5.32 Å². The summed E-state index contributed by atoms with van der Waals surface area (Å²) < 4.78 is 27.5. The van der Waals surface area contributed by atoms with E-state index in [4.69, 9.17) is 0 Å². The molecule has 5 nitrogen and oxygen atoms in total. The summed E-state index contributed by atoms with van der Waals surface area (Å²) >= 11 is 1.58. The molecule has 0 bridgehead atoms. The van der Waals surface area contributed by atoms with Crippen molar-refractivity contribution >= 4 is 27.2 Å². The van der Waals surface area contributed by atoms with Gasteiger partial charge in [-0.25, -0.2) is 13.4 Å². The van der Waals surface area contributed by atoms with Crippen molar-refractivity contribution in [1.29, 1.82) is 0 Å². The minimum absolute atomic E-state index is 0.111. The molecule has 0 saturated heterocycles. The van der Waals surface area contributed by atoms with Crippen molar-refractivity contribution in [2.75, 3.05) is 12.4 Å². The molecule has 0 radical (unpaired) electrons. The van der Waals surface area contributed by atoms with E-state index in [1.165, 1.54) is 0 Å². The molecule has 0 spiro atoms. The highest BCUT2D eigenvalue weighted by molar-refractivity contribution is 7.89. The van der Waals surface area contributed by atoms with Gasteiger partial charge in [0.15, 0.2) is 0 Å². The lowest BCUT2D eigenvalue weighted by Crippen LogP contribution is -2.33. The molecule has 2 aromatic heterocycles. The van der Waals surface area contributed by atoms with Crippen LogP contribution in [-0.2, 0) is 16.6 Å². The molecule has 1 aliphatic carbocycles. The zero-order valence-electron chi connectivity index (χ0n) is 11.7. The molecule has 112 valence electrons. The second-order valence-corrected chi connectivity index (χ2v) is 7.65. The van der Waals surface area contributed by atoms with Gasteiger partial charge in [-0.1, -0.05) is 0 Å². The summed E-state index contributed by atoms with van der Waals surface area (Å²) in [6, 6.07) is 5.35. The molecule has 7 heteroatoms. The maximum atomic E-state index is 13.0. The van der Waals surface area contributed by atoms with Gasteiger partial charge in [0.05, 0.1) is 0 Å². The normalized spacial score (nSPS) is 15.3. The van der Waals surface area contributed by atoms with Gasteiger partial charge >= 0.3 is 0 Å². The highest BCUT2D eigenvalue weighted by Crippen LogP contribution is 2.35. The molecule has 0 aromatic carbocycles. The maximum absolute atomic E-state index is 13.0. The Morgan fingerprint density at radius 3 is 2.86 bits per heavy atom. The van der Waals surface area contributed by atoms with E-state index in [9.17, 15) is 8.42 Å². The third-order valence-electron chi connectivity index (χ3n) is 3.47. The Balaban J connectivity index is 1.97. The lowest BCUT2D eigenvalue weighted by Gasteiger charge is -2.22. The van der Waals surface area contributed by atoms with Crippen molar-refractivity contribution in [3.8, 4) is 0 Å². The molecule has 0 aliphatic heterocycles. The van der Waals surface area contributed by atoms with Gasteiger partial charge in [-0.05, 0) is 47.4 Å². The third-order valence-corrected chi connectivity index (χ3v) is 6.13. The van der Waals surface area contributed by atoms with Gasteiger partial charge in [0.25, 0.3) is 0 Å². The topological polar surface area (TPSA) is 62.3 Å². The van der Waals surface area contributed by atoms with Crippen molar-refractivity contribution in [2.24, 2.45) is 0 Å². The van der Waals surface area contributed by atoms with Crippen LogP contribution in [0.4, 0.5) is 5.82 Å². The van der Waals surface area contributed by atoms with Crippen molar-refractivity contribution in [1.82, 2.24) is 9.29 Å². The first-order valence-corrected chi connectivity index (χ1v) is 9.17. The molecule has 0 amide bonds. The van der Waals surface area contributed by atoms with E-state index >= 15 is 0 Å². The first-order valence-electron chi connectivity index (χ1n) is 6.78. The van der Waals surface area contributed by atoms with Crippen LogP contribution in [0.3, 0.4) is 0 Å². The molecule has 1 aliphatic rings. The molecule has 1 saturated carbocycles. The van der Waals surface area contributed by atoms with Crippen LogP contribution in [0.2, 0.25) is 0 Å². The van der Waals surface area contributed by atoms with E-state index in [2.05, 4.69) is 10.3 Å². The molecule has 2 aromatic rings. The maximum Gasteiger partial charge on any atom is 0.247 e. The summed E-state index contributed by atoms with van der Waals surface area (Å²) in [5.41, 5.74) is 1.03. The van der Waals surface area contributed by atoms with Crippen LogP contribution in [0.25, 0.3) is 0 Å². The average Bonchev–Trinajstić information content (AvgIpc) is 3.20. The fourth-order valence-corrected chi connectivity index (χ4v) is 4.73. The number of pyridine rings is 1. The molecule has 1 N–H and O–H groups in total. The van der Waals surface area contributed by atoms with Crippen molar-refractivity contribution < 1.29 is 8.42 Å². The number of anilines is 1. The number of aromatic nitrogens is 1. The van der Waals surface area contributed by atoms with Gasteiger partial charge < -0.3 is 5.32 Å². The van der Waals surface area contributed by atoms with Gasteiger partial charge in [0.2, 0.25) is 10.0 Å². The molecule has 3 rings (SSSR count). The van der Waals surface area contributed by atoms with Gasteiger partial charge in [0.1, 0.15) is 10.7 Å². The minimum atomic E-state index is -3.54. The van der Waals surface area contributed by atoms with E-state index < -0.39 is 10.0 Å². The third kappa shape index (κ3) is 2.95. The lowest BCUT2D eigenvalue weighted by atomic mass is 10.3. The summed E-state index contributed by atoms with van der Waals surface area (Å²) in [6.45, 7) is 0.425. The number of sulfonamides is 1. The first-order chi connectivity index (χ1) is 10.1. The van der Waals surface area contributed by atoms with Crippen molar-refractivity contribution in [2.45, 2.75) is 30.3 Å². The van der Waals surface area contributed by atoms with E-state index in [0.717, 1.165) is 18.4 Å². The van der Waals surface area contributed by atoms with Crippen LogP contribution in [0.5, 0.6) is 0 Å². The molecular weight excluding hydrogens is 306 g/mol. The SMILES string of the molecule is CNc1ncccc1S(=O)(=O)N(Cc1ccsc1)C1CC1. The zero-order valence-corrected chi connectivity index (χ0v) is 13.3. The van der Waals surface area contributed by atoms with Crippen LogP contribution in [0, 0.1) is 0 Å². The molecule has 0 unspecified atom stereocenters. The van der Waals surface area contributed by atoms with Gasteiger partial charge in [-0.15, -0.1) is 0 Å². The number of hydrogen-bond acceptors (Lipinski definition) is 5. The van der Waals surface area contributed by atoms with Crippen LogP contribution in [0.15, 0.2) is 40.1 Å². The Bertz CT molecular complexity index is 710. The highest BCUT2D eigenvalue weighted by atomic mass is 32.2. The highest BCUT2D eigenvalue weighted by Gasteiger charge is 2.39. The predicted octanol–water partition coefficient (Wildman–Crippen LogP) is 2.54. The van der Waals surface area contributed by atoms with Crippen LogP contribution >= 0.6 is 11.3 Å². The standard InChI is InChI=1S/C14H17N3O2S2/c1-15-14-13(3-2-7-16-14)21(18,19)17(12-4-5-12)9-11-6-8-20-10-11/h2-3,6-8,10,12H,4-5,9H2,1H3,(H,15,16). The van der Waals surface area contributed by atoms with Crippen molar-refractivity contribution in [3.63, 3.8) is 0 Å². The molecule has 0 atom stereocenters. The minimum Gasteiger partial charge on any atom is -0.372 e. The van der Waals surface area contributed by atoms with Crippen LogP contribution in [-0.4, -0.2) is 30.8 Å². The first kappa shape index (κ1) is 14.5. The number of thiophene rings is 1. The smallest absolute Gasteiger partial charge is 0.247 e. The summed E-state index contributed by atoms with van der Waals surface area (Å²) in [5, 5.41) is 6.82. The Hall–Kier alpha value is -1.44. The summed E-state index contributed by atoms with van der Waals surface area (Å²) in [5.74, 6) is 0.397. The summed E-state index contributed by atoms with van der Waals surface area (Å²) in [6.07, 6.45) is 3.45. The summed E-state index contributed by atoms with van der Waals surface area (Å²) in [4.78, 5) is 4.35. The largest absolute Gasteiger partial charge is 0.372 e. The Morgan fingerprint density at radius 1 is 1.43 bits per heavy atom. The number of rotatable bonds is 6. The molecule has 21 heavy (non-hydrogen) atoms. The average molecular weight is 323 g/mol. The molecule has 2 heterocycles. The lowest BCUT2D eigenvalue weighted by molar-refractivity contribution is 0.399. The second kappa shape index (κ2) is 5.75. The van der Waals surface area contributed by atoms with Crippen molar-refractivity contribution in [3.05, 3.63) is 40.7 Å². The molecule has 1 fully saturated rings. The zero-order chi connectivity index (χ0) is 14.9. The summed E-state index contributed by atoms with van der Waals surface area (Å²) in [7, 11) is -1.86. The van der Waals surface area contributed by atoms with Gasteiger partial charge in [0, 0.05) is 25.8 Å². The van der Waals surface area contributed by atoms with Crippen LogP contribution in [0.1, 0.15) is 18.4 Å².